The van der Waals surface area contributed by atoms with E-state index in [2.05, 4.69) is 15.9 Å². The molecule has 0 fully saturated rings. The molecule has 0 aliphatic rings. The minimum atomic E-state index is -1.02. The molecule has 0 spiro atoms. The predicted molar refractivity (Wildman–Crippen MR) is 75.2 cm³/mol. The maximum atomic E-state index is 11.8. The number of halogens is 1. The van der Waals surface area contributed by atoms with Crippen molar-refractivity contribution in [3.05, 3.63) is 69.1 Å². The van der Waals surface area contributed by atoms with Gasteiger partial charge in [0.1, 0.15) is 6.04 Å². The van der Waals surface area contributed by atoms with Crippen molar-refractivity contribution in [2.45, 2.75) is 12.5 Å². The Morgan fingerprint density at radius 1 is 1.26 bits per heavy atom. The number of hydrogen-bond donors (Lipinski definition) is 1. The Balaban J connectivity index is 2.36. The largest absolute Gasteiger partial charge is 0.480 e. The highest BCUT2D eigenvalue weighted by Crippen LogP contribution is 2.14. The van der Waals surface area contributed by atoms with Gasteiger partial charge in [-0.2, -0.15) is 0 Å². The summed E-state index contributed by atoms with van der Waals surface area (Å²) in [5, 5.41) is 9.31. The summed E-state index contributed by atoms with van der Waals surface area (Å²) in [6.45, 7) is 0. The van der Waals surface area contributed by atoms with Crippen LogP contribution in [0.3, 0.4) is 0 Å². The minimum Gasteiger partial charge on any atom is -0.480 e. The number of hydrogen-bond acceptors (Lipinski definition) is 2. The number of aliphatic carboxylic acids is 1. The van der Waals surface area contributed by atoms with E-state index in [1.807, 2.05) is 30.3 Å². The lowest BCUT2D eigenvalue weighted by Gasteiger charge is -2.15. The Kier molecular flexibility index (Phi) is 4.16. The molecule has 0 saturated carbocycles. The number of carbonyl (C=O) groups is 1. The van der Waals surface area contributed by atoms with Gasteiger partial charge < -0.3 is 9.67 Å². The molecule has 1 aromatic heterocycles. The molecule has 98 valence electrons. The van der Waals surface area contributed by atoms with Gasteiger partial charge in [0.05, 0.1) is 0 Å². The second kappa shape index (κ2) is 5.84. The third kappa shape index (κ3) is 3.32. The molecule has 1 unspecified atom stereocenters. The fraction of sp³-hybridized carbons (Fsp3) is 0.143. The normalized spacial score (nSPS) is 12.1. The average molecular weight is 322 g/mol. The molecule has 1 atom stereocenters. The van der Waals surface area contributed by atoms with Crippen molar-refractivity contribution >= 4 is 21.9 Å². The number of benzene rings is 1. The third-order valence-electron chi connectivity index (χ3n) is 2.80. The van der Waals surface area contributed by atoms with Crippen LogP contribution < -0.4 is 5.56 Å². The molecule has 0 bridgehead atoms. The topological polar surface area (TPSA) is 59.3 Å². The minimum absolute atomic E-state index is 0.276. The summed E-state index contributed by atoms with van der Waals surface area (Å²) in [6.07, 6.45) is 1.77. The maximum Gasteiger partial charge on any atom is 0.327 e. The highest BCUT2D eigenvalue weighted by Gasteiger charge is 2.20. The van der Waals surface area contributed by atoms with E-state index in [-0.39, 0.29) is 12.0 Å². The Morgan fingerprint density at radius 3 is 2.53 bits per heavy atom. The van der Waals surface area contributed by atoms with Gasteiger partial charge in [0.2, 0.25) is 0 Å². The van der Waals surface area contributed by atoms with Crippen LogP contribution in [0.15, 0.2) is 57.9 Å². The summed E-state index contributed by atoms with van der Waals surface area (Å²) in [7, 11) is 0. The zero-order valence-electron chi connectivity index (χ0n) is 9.99. The summed E-state index contributed by atoms with van der Waals surface area (Å²) < 4.78 is 1.87. The maximum absolute atomic E-state index is 11.8. The van der Waals surface area contributed by atoms with E-state index in [0.717, 1.165) is 5.56 Å². The third-order valence-corrected chi connectivity index (χ3v) is 3.30. The number of carboxylic acids is 1. The SMILES string of the molecule is O=C(O)C(Cc1ccccc1)n1ccc(Br)cc1=O. The van der Waals surface area contributed by atoms with Gasteiger partial charge in [-0.15, -0.1) is 0 Å². The molecule has 1 aromatic carbocycles. The molecule has 0 aliphatic carbocycles. The van der Waals surface area contributed by atoms with Crippen LogP contribution in [0.1, 0.15) is 11.6 Å². The summed E-state index contributed by atoms with van der Waals surface area (Å²) >= 11 is 3.19. The first-order valence-electron chi connectivity index (χ1n) is 5.72. The summed E-state index contributed by atoms with van der Waals surface area (Å²) in [4.78, 5) is 23.2. The van der Waals surface area contributed by atoms with Crippen molar-refractivity contribution in [1.29, 1.82) is 0 Å². The van der Waals surface area contributed by atoms with Gasteiger partial charge in [-0.1, -0.05) is 46.3 Å². The van der Waals surface area contributed by atoms with Crippen molar-refractivity contribution in [3.63, 3.8) is 0 Å². The second-order valence-corrected chi connectivity index (χ2v) is 5.05. The van der Waals surface area contributed by atoms with Gasteiger partial charge in [0.15, 0.2) is 0 Å². The smallest absolute Gasteiger partial charge is 0.327 e. The number of aromatic nitrogens is 1. The number of rotatable bonds is 4. The van der Waals surface area contributed by atoms with Crippen molar-refractivity contribution in [1.82, 2.24) is 4.57 Å². The van der Waals surface area contributed by atoms with Crippen LogP contribution in [0, 0.1) is 0 Å². The van der Waals surface area contributed by atoms with Crippen molar-refractivity contribution in [2.75, 3.05) is 0 Å². The summed E-state index contributed by atoms with van der Waals surface area (Å²) in [5.41, 5.74) is 0.544. The quantitative estimate of drug-likeness (QED) is 0.941. The Bertz CT molecular complexity index is 637. The van der Waals surface area contributed by atoms with E-state index in [4.69, 9.17) is 0 Å². The first-order valence-corrected chi connectivity index (χ1v) is 6.51. The monoisotopic (exact) mass is 321 g/mol. The summed E-state index contributed by atoms with van der Waals surface area (Å²) in [5.74, 6) is -1.02. The number of pyridine rings is 1. The lowest BCUT2D eigenvalue weighted by Crippen LogP contribution is -2.30. The van der Waals surface area contributed by atoms with Crippen LogP contribution >= 0.6 is 15.9 Å². The number of nitrogens with zero attached hydrogens (tertiary/aromatic N) is 1. The molecule has 2 rings (SSSR count). The Labute approximate surface area is 118 Å². The van der Waals surface area contributed by atoms with Gasteiger partial charge in [0, 0.05) is 23.2 Å². The predicted octanol–water partition coefficient (Wildman–Crippen LogP) is 2.48. The molecule has 0 saturated heterocycles. The molecule has 19 heavy (non-hydrogen) atoms. The lowest BCUT2D eigenvalue weighted by molar-refractivity contribution is -0.141. The van der Waals surface area contributed by atoms with Crippen LogP contribution in [0.5, 0.6) is 0 Å². The van der Waals surface area contributed by atoms with Crippen LogP contribution in [-0.2, 0) is 11.2 Å². The van der Waals surface area contributed by atoms with E-state index in [0.29, 0.717) is 4.47 Å². The first kappa shape index (κ1) is 13.5. The fourth-order valence-electron chi connectivity index (χ4n) is 1.87. The van der Waals surface area contributed by atoms with Gasteiger partial charge >= 0.3 is 5.97 Å². The van der Waals surface area contributed by atoms with E-state index in [1.165, 1.54) is 16.8 Å². The molecule has 0 aliphatic heterocycles. The second-order valence-electron chi connectivity index (χ2n) is 4.13. The van der Waals surface area contributed by atoms with Crippen LogP contribution in [-0.4, -0.2) is 15.6 Å². The van der Waals surface area contributed by atoms with Crippen molar-refractivity contribution in [3.8, 4) is 0 Å². The van der Waals surface area contributed by atoms with Gasteiger partial charge in [-0.3, -0.25) is 4.79 Å². The first-order chi connectivity index (χ1) is 9.08. The van der Waals surface area contributed by atoms with Crippen molar-refractivity contribution < 1.29 is 9.90 Å². The Morgan fingerprint density at radius 2 is 1.95 bits per heavy atom. The fourth-order valence-corrected chi connectivity index (χ4v) is 2.18. The summed E-state index contributed by atoms with van der Waals surface area (Å²) in [6, 6.07) is 11.4. The van der Waals surface area contributed by atoms with E-state index in [9.17, 15) is 14.7 Å². The highest BCUT2D eigenvalue weighted by molar-refractivity contribution is 9.10. The zero-order valence-corrected chi connectivity index (χ0v) is 11.6. The molecule has 4 nitrogen and oxygen atoms in total. The van der Waals surface area contributed by atoms with E-state index < -0.39 is 12.0 Å². The molecule has 0 amide bonds. The molecular formula is C14H12BrNO3. The van der Waals surface area contributed by atoms with Crippen LogP contribution in [0.25, 0.3) is 0 Å². The van der Waals surface area contributed by atoms with Gasteiger partial charge in [-0.25, -0.2) is 4.79 Å². The molecule has 1 N–H and O–H groups in total. The molecule has 2 aromatic rings. The molecular weight excluding hydrogens is 310 g/mol. The van der Waals surface area contributed by atoms with Crippen LogP contribution in [0.4, 0.5) is 0 Å². The molecule has 5 heteroatoms. The highest BCUT2D eigenvalue weighted by atomic mass is 79.9. The molecule has 0 radical (unpaired) electrons. The zero-order chi connectivity index (χ0) is 13.8. The average Bonchev–Trinajstić information content (AvgIpc) is 2.38. The van der Waals surface area contributed by atoms with E-state index in [1.54, 1.807) is 6.07 Å². The number of carboxylic acid groups (broad SMARTS) is 1. The van der Waals surface area contributed by atoms with E-state index >= 15 is 0 Å². The lowest BCUT2D eigenvalue weighted by atomic mass is 10.1. The standard InChI is InChI=1S/C14H12BrNO3/c15-11-6-7-16(13(17)9-11)12(14(18)19)8-10-4-2-1-3-5-10/h1-7,9,12H,8H2,(H,18,19). The van der Waals surface area contributed by atoms with Gasteiger partial charge in [0.25, 0.3) is 5.56 Å². The van der Waals surface area contributed by atoms with Crippen LogP contribution in [0.2, 0.25) is 0 Å². The Hall–Kier alpha value is -1.88. The van der Waals surface area contributed by atoms with Gasteiger partial charge in [-0.05, 0) is 11.6 Å². The molecule has 1 heterocycles. The van der Waals surface area contributed by atoms with Crippen molar-refractivity contribution in [2.24, 2.45) is 0 Å².